The van der Waals surface area contributed by atoms with E-state index in [1.165, 1.54) is 6.07 Å². The number of nitrogens with one attached hydrogen (secondary N) is 2. The van der Waals surface area contributed by atoms with Crippen molar-refractivity contribution in [3.8, 4) is 0 Å². The van der Waals surface area contributed by atoms with E-state index in [-0.39, 0.29) is 5.69 Å². The first kappa shape index (κ1) is 18.9. The summed E-state index contributed by atoms with van der Waals surface area (Å²) in [6, 6.07) is 6.54. The van der Waals surface area contributed by atoms with Crippen LogP contribution in [0.5, 0.6) is 0 Å². The molecule has 128 valence electrons. The smallest absolute Gasteiger partial charge is 0.269 e. The Morgan fingerprint density at radius 2 is 2.13 bits per heavy atom. The van der Waals surface area contributed by atoms with E-state index in [2.05, 4.69) is 29.5 Å². The van der Waals surface area contributed by atoms with Crippen LogP contribution in [0.25, 0.3) is 0 Å². The molecule has 0 aromatic heterocycles. The van der Waals surface area contributed by atoms with Crippen LogP contribution in [-0.4, -0.2) is 37.7 Å². The van der Waals surface area contributed by atoms with Crippen LogP contribution in [-0.2, 0) is 11.3 Å². The second-order valence-corrected chi connectivity index (χ2v) is 5.57. The average Bonchev–Trinajstić information content (AvgIpc) is 2.53. The number of ether oxygens (including phenoxy) is 1. The van der Waals surface area contributed by atoms with Crippen LogP contribution < -0.4 is 10.6 Å². The van der Waals surface area contributed by atoms with Gasteiger partial charge in [0.05, 0.1) is 11.5 Å². The van der Waals surface area contributed by atoms with Crippen LogP contribution in [0.3, 0.4) is 0 Å². The number of benzene rings is 1. The molecule has 0 saturated carbocycles. The molecule has 0 unspecified atom stereocenters. The van der Waals surface area contributed by atoms with Crippen molar-refractivity contribution in [2.24, 2.45) is 10.9 Å². The summed E-state index contributed by atoms with van der Waals surface area (Å²) in [6.45, 7) is 6.84. The normalized spacial score (nSPS) is 11.6. The van der Waals surface area contributed by atoms with Gasteiger partial charge in [-0.15, -0.1) is 0 Å². The molecule has 2 N–H and O–H groups in total. The predicted octanol–water partition coefficient (Wildman–Crippen LogP) is 2.32. The average molecular weight is 322 g/mol. The SMILES string of the molecule is CN=C(NCCOCCC(C)C)NCc1cccc([N+](=O)[O-])c1. The summed E-state index contributed by atoms with van der Waals surface area (Å²) in [5, 5.41) is 17.0. The first-order valence-electron chi connectivity index (χ1n) is 7.78. The van der Waals surface area contributed by atoms with Crippen LogP contribution >= 0.6 is 0 Å². The van der Waals surface area contributed by atoms with Gasteiger partial charge in [0.2, 0.25) is 0 Å². The fraction of sp³-hybridized carbons (Fsp3) is 0.562. The highest BCUT2D eigenvalue weighted by Crippen LogP contribution is 2.12. The van der Waals surface area contributed by atoms with E-state index in [1.54, 1.807) is 19.2 Å². The Morgan fingerprint density at radius 1 is 1.35 bits per heavy atom. The second-order valence-electron chi connectivity index (χ2n) is 5.57. The van der Waals surface area contributed by atoms with Gasteiger partial charge in [0.25, 0.3) is 5.69 Å². The van der Waals surface area contributed by atoms with Gasteiger partial charge in [0, 0.05) is 38.9 Å². The van der Waals surface area contributed by atoms with Crippen molar-refractivity contribution in [2.75, 3.05) is 26.8 Å². The molecule has 0 aliphatic heterocycles. The minimum Gasteiger partial charge on any atom is -0.380 e. The zero-order chi connectivity index (χ0) is 17.1. The number of nitrogens with zero attached hydrogens (tertiary/aromatic N) is 2. The summed E-state index contributed by atoms with van der Waals surface area (Å²) in [5.74, 6) is 1.29. The Morgan fingerprint density at radius 3 is 2.78 bits per heavy atom. The summed E-state index contributed by atoms with van der Waals surface area (Å²) in [7, 11) is 1.68. The third kappa shape index (κ3) is 8.15. The number of nitro groups is 1. The first-order valence-corrected chi connectivity index (χ1v) is 7.78. The minimum atomic E-state index is -0.398. The molecular formula is C16H26N4O3. The molecule has 0 aliphatic carbocycles. The summed E-state index contributed by atoms with van der Waals surface area (Å²) in [4.78, 5) is 14.5. The zero-order valence-electron chi connectivity index (χ0n) is 14.0. The molecule has 23 heavy (non-hydrogen) atoms. The van der Waals surface area contributed by atoms with Gasteiger partial charge < -0.3 is 15.4 Å². The van der Waals surface area contributed by atoms with E-state index in [4.69, 9.17) is 4.74 Å². The van der Waals surface area contributed by atoms with Crippen molar-refractivity contribution in [2.45, 2.75) is 26.8 Å². The van der Waals surface area contributed by atoms with Crippen LogP contribution in [0.2, 0.25) is 0 Å². The van der Waals surface area contributed by atoms with Crippen LogP contribution in [0.15, 0.2) is 29.3 Å². The lowest BCUT2D eigenvalue weighted by molar-refractivity contribution is -0.384. The molecule has 0 radical (unpaired) electrons. The van der Waals surface area contributed by atoms with Gasteiger partial charge in [-0.25, -0.2) is 0 Å². The quantitative estimate of drug-likeness (QED) is 0.239. The van der Waals surface area contributed by atoms with Gasteiger partial charge in [0.15, 0.2) is 5.96 Å². The molecule has 0 atom stereocenters. The van der Waals surface area contributed by atoms with Crippen molar-refractivity contribution in [3.63, 3.8) is 0 Å². The van der Waals surface area contributed by atoms with Crippen molar-refractivity contribution in [1.82, 2.24) is 10.6 Å². The topological polar surface area (TPSA) is 88.8 Å². The maximum Gasteiger partial charge on any atom is 0.269 e. The molecule has 1 aromatic rings. The number of hydrogen-bond acceptors (Lipinski definition) is 4. The van der Waals surface area contributed by atoms with E-state index in [0.717, 1.165) is 18.6 Å². The molecule has 7 heteroatoms. The van der Waals surface area contributed by atoms with Gasteiger partial charge >= 0.3 is 0 Å². The highest BCUT2D eigenvalue weighted by atomic mass is 16.6. The van der Waals surface area contributed by atoms with Crippen LogP contribution in [0, 0.1) is 16.0 Å². The molecular weight excluding hydrogens is 296 g/mol. The Kier molecular flexibility index (Phi) is 8.67. The van der Waals surface area contributed by atoms with Gasteiger partial charge in [-0.2, -0.15) is 0 Å². The maximum atomic E-state index is 10.8. The zero-order valence-corrected chi connectivity index (χ0v) is 14.0. The standard InChI is InChI=1S/C16H26N4O3/c1-13(2)7-9-23-10-8-18-16(17-3)19-12-14-5-4-6-15(11-14)20(21)22/h4-6,11,13H,7-10,12H2,1-3H3,(H2,17,18,19). The lowest BCUT2D eigenvalue weighted by Gasteiger charge is -2.12. The lowest BCUT2D eigenvalue weighted by atomic mass is 10.1. The minimum absolute atomic E-state index is 0.0887. The van der Waals surface area contributed by atoms with Crippen LogP contribution in [0.1, 0.15) is 25.8 Å². The second kappa shape index (κ2) is 10.6. The number of guanidine groups is 1. The van der Waals surface area contributed by atoms with Crippen LogP contribution in [0.4, 0.5) is 5.69 Å². The number of rotatable bonds is 9. The molecule has 0 fully saturated rings. The predicted molar refractivity (Wildman–Crippen MR) is 91.6 cm³/mol. The number of hydrogen-bond donors (Lipinski definition) is 2. The van der Waals surface area contributed by atoms with E-state index < -0.39 is 4.92 Å². The Balaban J connectivity index is 2.29. The fourth-order valence-electron chi connectivity index (χ4n) is 1.85. The summed E-state index contributed by atoms with van der Waals surface area (Å²) in [5.41, 5.74) is 0.918. The van der Waals surface area contributed by atoms with Crippen molar-refractivity contribution < 1.29 is 9.66 Å². The van der Waals surface area contributed by atoms with Gasteiger partial charge in [-0.3, -0.25) is 15.1 Å². The first-order chi connectivity index (χ1) is 11.0. The highest BCUT2D eigenvalue weighted by Gasteiger charge is 2.06. The largest absolute Gasteiger partial charge is 0.380 e. The molecule has 0 amide bonds. The number of nitro benzene ring substituents is 1. The molecule has 7 nitrogen and oxygen atoms in total. The number of non-ortho nitro benzene ring substituents is 1. The molecule has 0 aliphatic rings. The Bertz CT molecular complexity index is 518. The van der Waals surface area contributed by atoms with Crippen molar-refractivity contribution >= 4 is 11.6 Å². The molecule has 0 spiro atoms. The Labute approximate surface area is 137 Å². The monoisotopic (exact) mass is 322 g/mol. The Hall–Kier alpha value is -2.15. The van der Waals surface area contributed by atoms with E-state index in [9.17, 15) is 10.1 Å². The molecule has 0 saturated heterocycles. The maximum absolute atomic E-state index is 10.8. The van der Waals surface area contributed by atoms with Gasteiger partial charge in [-0.05, 0) is 17.9 Å². The third-order valence-corrected chi connectivity index (χ3v) is 3.18. The van der Waals surface area contributed by atoms with Gasteiger partial charge in [-0.1, -0.05) is 26.0 Å². The van der Waals surface area contributed by atoms with Gasteiger partial charge in [0.1, 0.15) is 0 Å². The van der Waals surface area contributed by atoms with E-state index in [1.807, 2.05) is 6.07 Å². The summed E-state index contributed by atoms with van der Waals surface area (Å²) in [6.07, 6.45) is 1.06. The molecule has 1 rings (SSSR count). The third-order valence-electron chi connectivity index (χ3n) is 3.18. The highest BCUT2D eigenvalue weighted by molar-refractivity contribution is 5.79. The fourth-order valence-corrected chi connectivity index (χ4v) is 1.85. The molecule has 0 bridgehead atoms. The van der Waals surface area contributed by atoms with E-state index in [0.29, 0.717) is 31.6 Å². The summed E-state index contributed by atoms with van der Waals surface area (Å²) >= 11 is 0. The molecule has 1 aromatic carbocycles. The lowest BCUT2D eigenvalue weighted by Crippen LogP contribution is -2.38. The summed E-state index contributed by atoms with van der Waals surface area (Å²) < 4.78 is 5.52. The number of aliphatic imine (C=N–C) groups is 1. The van der Waals surface area contributed by atoms with E-state index >= 15 is 0 Å². The molecule has 0 heterocycles. The van der Waals surface area contributed by atoms with Crippen molar-refractivity contribution in [1.29, 1.82) is 0 Å². The van der Waals surface area contributed by atoms with Crippen molar-refractivity contribution in [3.05, 3.63) is 39.9 Å².